The average Bonchev–Trinajstić information content (AvgIpc) is 3.14. The summed E-state index contributed by atoms with van der Waals surface area (Å²) in [6, 6.07) is 12.0. The van der Waals surface area contributed by atoms with Gasteiger partial charge in [-0.25, -0.2) is 4.79 Å². The minimum atomic E-state index is -0.356. The van der Waals surface area contributed by atoms with Gasteiger partial charge in [0.25, 0.3) is 0 Å². The van der Waals surface area contributed by atoms with Gasteiger partial charge in [0, 0.05) is 37.1 Å². The van der Waals surface area contributed by atoms with Crippen molar-refractivity contribution in [1.82, 2.24) is 19.7 Å². The van der Waals surface area contributed by atoms with Gasteiger partial charge in [0.05, 0.1) is 6.04 Å². The van der Waals surface area contributed by atoms with Crippen LogP contribution in [-0.4, -0.2) is 51.5 Å². The fourth-order valence-corrected chi connectivity index (χ4v) is 4.19. The molecule has 1 aliphatic heterocycles. The molecule has 0 saturated carbocycles. The Hall–Kier alpha value is -2.76. The number of carbonyl (C=O) groups excluding carboxylic acids is 2. The van der Waals surface area contributed by atoms with E-state index >= 15 is 0 Å². The molecule has 1 atom stereocenters. The van der Waals surface area contributed by atoms with Gasteiger partial charge < -0.3 is 19.7 Å². The number of fused-ring (bicyclic) bond motifs is 1. The van der Waals surface area contributed by atoms with Crippen LogP contribution in [0.1, 0.15) is 57.5 Å². The SMILES string of the molecule is Cc1ccccc1C1c2cccn2CCN1C(=O)CN(CC(C)C)C(=O)NC(C)(C)C. The molecule has 31 heavy (non-hydrogen) atoms. The second-order valence-corrected chi connectivity index (χ2v) is 9.93. The standard InChI is InChI=1S/C25H36N4O2/c1-18(2)16-28(24(31)26-25(4,5)6)17-22(30)29-15-14-27-13-9-12-21(27)23(29)20-11-8-7-10-19(20)3/h7-13,18,23H,14-17H2,1-6H3,(H,26,31). The number of rotatable bonds is 5. The number of nitrogens with one attached hydrogen (secondary N) is 1. The Labute approximate surface area is 186 Å². The number of urea groups is 1. The van der Waals surface area contributed by atoms with Crippen molar-refractivity contribution in [3.63, 3.8) is 0 Å². The van der Waals surface area contributed by atoms with Gasteiger partial charge in [-0.1, -0.05) is 38.1 Å². The summed E-state index contributed by atoms with van der Waals surface area (Å²) in [4.78, 5) is 30.1. The van der Waals surface area contributed by atoms with E-state index in [-0.39, 0.29) is 36.0 Å². The smallest absolute Gasteiger partial charge is 0.318 e. The second kappa shape index (κ2) is 9.16. The first-order valence-electron chi connectivity index (χ1n) is 11.1. The molecule has 2 heterocycles. The van der Waals surface area contributed by atoms with Crippen LogP contribution in [0, 0.1) is 12.8 Å². The number of aryl methyl sites for hydroxylation is 1. The molecule has 2 aromatic rings. The molecule has 1 aromatic carbocycles. The van der Waals surface area contributed by atoms with E-state index in [1.165, 1.54) is 0 Å². The van der Waals surface area contributed by atoms with E-state index in [4.69, 9.17) is 0 Å². The Balaban J connectivity index is 1.89. The first kappa shape index (κ1) is 22.9. The van der Waals surface area contributed by atoms with Crippen LogP contribution in [0.3, 0.4) is 0 Å². The molecule has 1 N–H and O–H groups in total. The summed E-state index contributed by atoms with van der Waals surface area (Å²) in [7, 11) is 0. The van der Waals surface area contributed by atoms with Gasteiger partial charge in [0.15, 0.2) is 0 Å². The number of hydrogen-bond donors (Lipinski definition) is 1. The Morgan fingerprint density at radius 3 is 2.48 bits per heavy atom. The molecule has 0 aliphatic carbocycles. The first-order chi connectivity index (χ1) is 14.6. The van der Waals surface area contributed by atoms with E-state index in [9.17, 15) is 9.59 Å². The third-order valence-electron chi connectivity index (χ3n) is 5.52. The normalized spacial score (nSPS) is 16.2. The fourth-order valence-electron chi connectivity index (χ4n) is 4.19. The van der Waals surface area contributed by atoms with E-state index < -0.39 is 0 Å². The van der Waals surface area contributed by atoms with Crippen LogP contribution in [0.15, 0.2) is 42.6 Å². The van der Waals surface area contributed by atoms with E-state index in [2.05, 4.69) is 55.1 Å². The maximum atomic E-state index is 13.6. The maximum Gasteiger partial charge on any atom is 0.318 e. The van der Waals surface area contributed by atoms with E-state index in [0.717, 1.165) is 23.4 Å². The predicted molar refractivity (Wildman–Crippen MR) is 124 cm³/mol. The van der Waals surface area contributed by atoms with Gasteiger partial charge in [0.1, 0.15) is 6.54 Å². The highest BCUT2D eigenvalue weighted by Crippen LogP contribution is 2.34. The van der Waals surface area contributed by atoms with Crippen molar-refractivity contribution in [1.29, 1.82) is 0 Å². The van der Waals surface area contributed by atoms with Crippen LogP contribution in [0.2, 0.25) is 0 Å². The van der Waals surface area contributed by atoms with Crippen LogP contribution in [-0.2, 0) is 11.3 Å². The Morgan fingerprint density at radius 2 is 1.84 bits per heavy atom. The van der Waals surface area contributed by atoms with Crippen LogP contribution in [0.25, 0.3) is 0 Å². The zero-order valence-corrected chi connectivity index (χ0v) is 19.7. The van der Waals surface area contributed by atoms with Gasteiger partial charge in [-0.15, -0.1) is 0 Å². The van der Waals surface area contributed by atoms with Gasteiger partial charge >= 0.3 is 6.03 Å². The van der Waals surface area contributed by atoms with Crippen LogP contribution < -0.4 is 5.32 Å². The molecule has 6 heteroatoms. The summed E-state index contributed by atoms with van der Waals surface area (Å²) in [6.07, 6.45) is 2.07. The molecular formula is C25H36N4O2. The summed E-state index contributed by atoms with van der Waals surface area (Å²) in [6.45, 7) is 14.0. The molecule has 0 spiro atoms. The molecule has 3 amide bonds. The van der Waals surface area contributed by atoms with Gasteiger partial charge in [-0.2, -0.15) is 0 Å². The largest absolute Gasteiger partial charge is 0.348 e. The molecule has 3 rings (SSSR count). The topological polar surface area (TPSA) is 57.6 Å². The minimum absolute atomic E-state index is 0.0228. The second-order valence-electron chi connectivity index (χ2n) is 9.93. The Bertz CT molecular complexity index is 926. The number of amides is 3. The number of nitrogens with zero attached hydrogens (tertiary/aromatic N) is 3. The third kappa shape index (κ3) is 5.49. The number of benzene rings is 1. The summed E-state index contributed by atoms with van der Waals surface area (Å²) in [5.41, 5.74) is 3.04. The third-order valence-corrected chi connectivity index (χ3v) is 5.52. The molecule has 1 aromatic heterocycles. The summed E-state index contributed by atoms with van der Waals surface area (Å²) in [5.74, 6) is 0.245. The van der Waals surface area contributed by atoms with E-state index in [1.54, 1.807) is 4.90 Å². The summed E-state index contributed by atoms with van der Waals surface area (Å²) in [5, 5.41) is 3.01. The van der Waals surface area contributed by atoms with Gasteiger partial charge in [0.2, 0.25) is 5.91 Å². The van der Waals surface area contributed by atoms with Crippen LogP contribution >= 0.6 is 0 Å². The van der Waals surface area contributed by atoms with Crippen molar-refractivity contribution in [2.75, 3.05) is 19.6 Å². The van der Waals surface area contributed by atoms with Gasteiger partial charge in [-0.3, -0.25) is 4.79 Å². The highest BCUT2D eigenvalue weighted by molar-refractivity contribution is 5.85. The molecular weight excluding hydrogens is 388 g/mol. The van der Waals surface area contributed by atoms with Crippen LogP contribution in [0.4, 0.5) is 4.79 Å². The highest BCUT2D eigenvalue weighted by atomic mass is 16.2. The summed E-state index contributed by atoms with van der Waals surface area (Å²) < 4.78 is 2.22. The molecule has 0 bridgehead atoms. The van der Waals surface area contributed by atoms with Crippen LogP contribution in [0.5, 0.6) is 0 Å². The predicted octanol–water partition coefficient (Wildman–Crippen LogP) is 4.19. The average molecular weight is 425 g/mol. The fraction of sp³-hybridized carbons (Fsp3) is 0.520. The highest BCUT2D eigenvalue weighted by Gasteiger charge is 2.34. The molecule has 6 nitrogen and oxygen atoms in total. The lowest BCUT2D eigenvalue weighted by atomic mass is 9.95. The lowest BCUT2D eigenvalue weighted by Crippen LogP contribution is -2.53. The quantitative estimate of drug-likeness (QED) is 0.782. The first-order valence-corrected chi connectivity index (χ1v) is 11.1. The molecule has 1 unspecified atom stereocenters. The Morgan fingerprint density at radius 1 is 1.13 bits per heavy atom. The monoisotopic (exact) mass is 424 g/mol. The molecule has 0 saturated heterocycles. The minimum Gasteiger partial charge on any atom is -0.348 e. The number of carbonyl (C=O) groups is 2. The van der Waals surface area contributed by atoms with Gasteiger partial charge in [-0.05, 0) is 56.9 Å². The van der Waals surface area contributed by atoms with E-state index in [1.807, 2.05) is 43.9 Å². The maximum absolute atomic E-state index is 13.6. The van der Waals surface area contributed by atoms with E-state index in [0.29, 0.717) is 13.1 Å². The molecule has 168 valence electrons. The van der Waals surface area contributed by atoms with Crippen molar-refractivity contribution < 1.29 is 9.59 Å². The van der Waals surface area contributed by atoms with Crippen molar-refractivity contribution in [3.8, 4) is 0 Å². The zero-order chi connectivity index (χ0) is 22.8. The van der Waals surface area contributed by atoms with Crippen molar-refractivity contribution in [3.05, 3.63) is 59.4 Å². The Kier molecular flexibility index (Phi) is 6.77. The van der Waals surface area contributed by atoms with Crippen molar-refractivity contribution in [2.45, 2.75) is 59.7 Å². The number of aromatic nitrogens is 1. The zero-order valence-electron chi connectivity index (χ0n) is 19.7. The van der Waals surface area contributed by atoms with Crippen molar-refractivity contribution in [2.24, 2.45) is 5.92 Å². The lowest BCUT2D eigenvalue weighted by Gasteiger charge is -2.39. The molecule has 1 aliphatic rings. The molecule has 0 radical (unpaired) electrons. The lowest BCUT2D eigenvalue weighted by molar-refractivity contribution is -0.134. The van der Waals surface area contributed by atoms with Crippen molar-refractivity contribution >= 4 is 11.9 Å². The molecule has 0 fully saturated rings. The summed E-state index contributed by atoms with van der Waals surface area (Å²) >= 11 is 0. The number of hydrogen-bond acceptors (Lipinski definition) is 2.